The maximum atomic E-state index is 13.0. The Labute approximate surface area is 188 Å². The van der Waals surface area contributed by atoms with E-state index >= 15 is 0 Å². The number of nitrogens with one attached hydrogen (secondary N) is 2. The fraction of sp³-hybridized carbons (Fsp3) is 0.375. The summed E-state index contributed by atoms with van der Waals surface area (Å²) >= 11 is 5.87. The van der Waals surface area contributed by atoms with Crippen molar-refractivity contribution in [1.29, 1.82) is 0 Å². The van der Waals surface area contributed by atoms with Crippen LogP contribution in [0.4, 0.5) is 5.69 Å². The molecule has 1 atom stereocenters. The number of hydrogen-bond donors (Lipinski definition) is 2. The Balaban J connectivity index is 1.63. The Bertz CT molecular complexity index is 930. The Kier molecular flexibility index (Phi) is 8.06. The molecular weight excluding hydrogens is 414 g/mol. The molecule has 3 amide bonds. The predicted molar refractivity (Wildman–Crippen MR) is 122 cm³/mol. The van der Waals surface area contributed by atoms with Crippen molar-refractivity contribution in [1.82, 2.24) is 10.2 Å². The molecule has 1 unspecified atom stereocenters. The monoisotopic (exact) mass is 441 g/mol. The molecule has 0 radical (unpaired) electrons. The van der Waals surface area contributed by atoms with Crippen LogP contribution < -0.4 is 10.6 Å². The number of piperidine rings is 1. The third-order valence-electron chi connectivity index (χ3n) is 5.38. The highest BCUT2D eigenvalue weighted by atomic mass is 35.5. The van der Waals surface area contributed by atoms with Crippen LogP contribution in [0, 0.1) is 5.92 Å². The van der Waals surface area contributed by atoms with Crippen LogP contribution in [0.15, 0.2) is 48.5 Å². The number of hydrogen-bond acceptors (Lipinski definition) is 3. The molecule has 1 saturated heterocycles. The highest BCUT2D eigenvalue weighted by Crippen LogP contribution is 2.21. The lowest BCUT2D eigenvalue weighted by Gasteiger charge is -2.32. The Morgan fingerprint density at radius 2 is 1.87 bits per heavy atom. The van der Waals surface area contributed by atoms with E-state index in [1.165, 1.54) is 0 Å². The van der Waals surface area contributed by atoms with E-state index < -0.39 is 0 Å². The molecule has 0 bridgehead atoms. The van der Waals surface area contributed by atoms with Gasteiger partial charge in [-0.1, -0.05) is 31.0 Å². The number of amides is 3. The lowest BCUT2D eigenvalue weighted by atomic mass is 9.96. The normalized spacial score (nSPS) is 15.9. The number of halogens is 1. The van der Waals surface area contributed by atoms with Gasteiger partial charge in [0.2, 0.25) is 5.91 Å². The fourth-order valence-electron chi connectivity index (χ4n) is 3.63. The highest BCUT2D eigenvalue weighted by molar-refractivity contribution is 6.30. The van der Waals surface area contributed by atoms with Crippen molar-refractivity contribution in [3.8, 4) is 0 Å². The van der Waals surface area contributed by atoms with Crippen molar-refractivity contribution in [3.05, 3.63) is 64.7 Å². The van der Waals surface area contributed by atoms with Gasteiger partial charge in [-0.15, -0.1) is 0 Å². The lowest BCUT2D eigenvalue weighted by Crippen LogP contribution is -2.45. The van der Waals surface area contributed by atoms with Gasteiger partial charge in [-0.2, -0.15) is 0 Å². The van der Waals surface area contributed by atoms with E-state index in [0.717, 1.165) is 25.7 Å². The van der Waals surface area contributed by atoms with Crippen molar-refractivity contribution in [2.24, 2.45) is 5.92 Å². The summed E-state index contributed by atoms with van der Waals surface area (Å²) in [5, 5.41) is 6.34. The molecule has 2 aromatic carbocycles. The first-order valence-electron chi connectivity index (χ1n) is 10.7. The molecule has 2 aromatic rings. The first-order chi connectivity index (χ1) is 15.0. The Morgan fingerprint density at radius 1 is 1.10 bits per heavy atom. The quantitative estimate of drug-likeness (QED) is 0.626. The van der Waals surface area contributed by atoms with Crippen molar-refractivity contribution < 1.29 is 14.4 Å². The van der Waals surface area contributed by atoms with E-state index in [1.54, 1.807) is 53.4 Å². The van der Waals surface area contributed by atoms with Crippen molar-refractivity contribution in [2.45, 2.75) is 32.6 Å². The van der Waals surface area contributed by atoms with Gasteiger partial charge in [-0.25, -0.2) is 0 Å². The van der Waals surface area contributed by atoms with E-state index in [0.29, 0.717) is 41.5 Å². The number of carbonyl (C=O) groups excluding carboxylic acids is 3. The zero-order valence-corrected chi connectivity index (χ0v) is 18.5. The number of rotatable bonds is 7. The van der Waals surface area contributed by atoms with Crippen LogP contribution in [-0.4, -0.2) is 42.3 Å². The zero-order valence-electron chi connectivity index (χ0n) is 17.7. The molecule has 0 aliphatic carbocycles. The van der Waals surface area contributed by atoms with Crippen LogP contribution in [0.25, 0.3) is 0 Å². The topological polar surface area (TPSA) is 78.5 Å². The molecule has 3 rings (SSSR count). The van der Waals surface area contributed by atoms with Gasteiger partial charge in [0.1, 0.15) is 0 Å². The number of carbonyl (C=O) groups is 3. The van der Waals surface area contributed by atoms with E-state index in [1.807, 2.05) is 0 Å². The number of nitrogens with zero attached hydrogens (tertiary/aromatic N) is 1. The molecular formula is C24H28ClN3O3. The summed E-state index contributed by atoms with van der Waals surface area (Å²) in [6, 6.07) is 13.5. The maximum Gasteiger partial charge on any atom is 0.255 e. The summed E-state index contributed by atoms with van der Waals surface area (Å²) in [6.45, 7) is 3.80. The summed E-state index contributed by atoms with van der Waals surface area (Å²) in [6.07, 6.45) is 3.57. The smallest absolute Gasteiger partial charge is 0.255 e. The lowest BCUT2D eigenvalue weighted by molar-refractivity contribution is -0.126. The largest absolute Gasteiger partial charge is 0.356 e. The number of benzene rings is 2. The summed E-state index contributed by atoms with van der Waals surface area (Å²) in [4.78, 5) is 39.6. The predicted octanol–water partition coefficient (Wildman–Crippen LogP) is 4.36. The fourth-order valence-corrected chi connectivity index (χ4v) is 3.75. The van der Waals surface area contributed by atoms with Gasteiger partial charge >= 0.3 is 0 Å². The van der Waals surface area contributed by atoms with E-state index in [4.69, 9.17) is 11.6 Å². The molecule has 0 spiro atoms. The summed E-state index contributed by atoms with van der Waals surface area (Å²) in [5.74, 6) is -0.561. The van der Waals surface area contributed by atoms with Crippen molar-refractivity contribution in [2.75, 3.05) is 25.0 Å². The van der Waals surface area contributed by atoms with Gasteiger partial charge in [0.15, 0.2) is 0 Å². The number of anilines is 1. The van der Waals surface area contributed by atoms with Crippen LogP contribution >= 0.6 is 11.6 Å². The van der Waals surface area contributed by atoms with Gasteiger partial charge in [-0.3, -0.25) is 14.4 Å². The minimum atomic E-state index is -0.275. The van der Waals surface area contributed by atoms with Gasteiger partial charge < -0.3 is 15.5 Å². The second kappa shape index (κ2) is 11.0. The first kappa shape index (κ1) is 22.8. The first-order valence-corrected chi connectivity index (χ1v) is 11.1. The minimum Gasteiger partial charge on any atom is -0.356 e. The number of unbranched alkanes of at least 4 members (excludes halogenated alkanes) is 1. The number of likely N-dealkylation sites (tertiary alicyclic amines) is 1. The molecule has 7 heteroatoms. The van der Waals surface area contributed by atoms with Gasteiger partial charge in [-0.05, 0) is 61.7 Å². The second-order valence-electron chi connectivity index (χ2n) is 7.78. The van der Waals surface area contributed by atoms with Crippen molar-refractivity contribution in [3.63, 3.8) is 0 Å². The SMILES string of the molecule is CCCCNC(=O)C1CCCN(C(=O)c2cccc(NC(=O)c3ccc(Cl)cc3)c2)C1. The summed E-state index contributed by atoms with van der Waals surface area (Å²) in [5.41, 5.74) is 1.51. The average Bonchev–Trinajstić information content (AvgIpc) is 2.79. The maximum absolute atomic E-state index is 13.0. The van der Waals surface area contributed by atoms with E-state index in [2.05, 4.69) is 17.6 Å². The minimum absolute atomic E-state index is 0.0231. The summed E-state index contributed by atoms with van der Waals surface area (Å²) < 4.78 is 0. The molecule has 6 nitrogen and oxygen atoms in total. The molecule has 164 valence electrons. The standard InChI is InChI=1S/C24H28ClN3O3/c1-2-3-13-26-22(29)19-7-5-14-28(16-19)24(31)18-6-4-8-21(15-18)27-23(30)17-9-11-20(25)12-10-17/h4,6,8-12,15,19H,2-3,5,7,13-14,16H2,1H3,(H,26,29)(H,27,30). The second-order valence-corrected chi connectivity index (χ2v) is 8.21. The molecule has 0 aromatic heterocycles. The van der Waals surface area contributed by atoms with Gasteiger partial charge in [0.25, 0.3) is 11.8 Å². The molecule has 2 N–H and O–H groups in total. The molecule has 1 heterocycles. The summed E-state index contributed by atoms with van der Waals surface area (Å²) in [7, 11) is 0. The third-order valence-corrected chi connectivity index (χ3v) is 5.63. The van der Waals surface area contributed by atoms with E-state index in [-0.39, 0.29) is 23.6 Å². The van der Waals surface area contributed by atoms with Gasteiger partial charge in [0.05, 0.1) is 5.92 Å². The highest BCUT2D eigenvalue weighted by Gasteiger charge is 2.28. The van der Waals surface area contributed by atoms with Crippen LogP contribution in [0.2, 0.25) is 5.02 Å². The van der Waals surface area contributed by atoms with Crippen LogP contribution in [0.1, 0.15) is 53.3 Å². The van der Waals surface area contributed by atoms with E-state index in [9.17, 15) is 14.4 Å². The molecule has 1 aliphatic heterocycles. The van der Waals surface area contributed by atoms with Crippen LogP contribution in [0.5, 0.6) is 0 Å². The van der Waals surface area contributed by atoms with Crippen molar-refractivity contribution >= 4 is 35.0 Å². The van der Waals surface area contributed by atoms with Crippen LogP contribution in [0.3, 0.4) is 0 Å². The van der Waals surface area contributed by atoms with Crippen LogP contribution in [-0.2, 0) is 4.79 Å². The zero-order chi connectivity index (χ0) is 22.2. The molecule has 31 heavy (non-hydrogen) atoms. The Morgan fingerprint density at radius 3 is 2.61 bits per heavy atom. The average molecular weight is 442 g/mol. The Hall–Kier alpha value is -2.86. The van der Waals surface area contributed by atoms with Gasteiger partial charge in [0, 0.05) is 41.5 Å². The molecule has 1 aliphatic rings. The molecule has 1 fully saturated rings. The molecule has 0 saturated carbocycles. The third kappa shape index (κ3) is 6.31.